The molecular formula is C16H24N2O2. The second-order valence-electron chi connectivity index (χ2n) is 5.80. The number of benzene rings is 1. The van der Waals surface area contributed by atoms with E-state index in [-0.39, 0.29) is 5.92 Å². The smallest absolute Gasteiger partial charge is 0.320 e. The molecule has 0 saturated carbocycles. The van der Waals surface area contributed by atoms with Gasteiger partial charge in [-0.2, -0.15) is 0 Å². The quantitative estimate of drug-likeness (QED) is 0.838. The molecule has 0 spiro atoms. The number of aliphatic carboxylic acids is 1. The largest absolute Gasteiger partial charge is 0.480 e. The maximum Gasteiger partial charge on any atom is 0.320 e. The highest BCUT2D eigenvalue weighted by atomic mass is 16.4. The van der Waals surface area contributed by atoms with Crippen LogP contribution in [-0.2, 0) is 11.3 Å². The van der Waals surface area contributed by atoms with Gasteiger partial charge in [-0.3, -0.25) is 4.79 Å². The second-order valence-corrected chi connectivity index (χ2v) is 5.80. The molecule has 0 radical (unpaired) electrons. The summed E-state index contributed by atoms with van der Waals surface area (Å²) in [6, 6.07) is 7.94. The number of carboxylic acid groups (broad SMARTS) is 1. The Kier molecular flexibility index (Phi) is 5.01. The summed E-state index contributed by atoms with van der Waals surface area (Å²) in [7, 11) is 0. The van der Waals surface area contributed by atoms with Crippen molar-refractivity contribution in [1.82, 2.24) is 5.32 Å². The predicted octanol–water partition coefficient (Wildman–Crippen LogP) is 2.49. The highest BCUT2D eigenvalue weighted by Gasteiger charge is 2.20. The van der Waals surface area contributed by atoms with Gasteiger partial charge in [0.05, 0.1) is 0 Å². The Balaban J connectivity index is 1.91. The molecule has 1 fully saturated rings. The van der Waals surface area contributed by atoms with Crippen molar-refractivity contribution in [3.8, 4) is 0 Å². The van der Waals surface area contributed by atoms with E-state index in [2.05, 4.69) is 34.5 Å². The van der Waals surface area contributed by atoms with Crippen LogP contribution in [0.2, 0.25) is 0 Å². The summed E-state index contributed by atoms with van der Waals surface area (Å²) in [5, 5.41) is 12.3. The number of hydrogen-bond donors (Lipinski definition) is 2. The first-order valence-electron chi connectivity index (χ1n) is 7.38. The molecule has 1 saturated heterocycles. The van der Waals surface area contributed by atoms with Crippen LogP contribution in [0.15, 0.2) is 24.3 Å². The minimum atomic E-state index is -0.784. The van der Waals surface area contributed by atoms with E-state index in [0.717, 1.165) is 18.7 Å². The standard InChI is InChI=1S/C16H24N2O2/c1-12(2)15(16(19)20)17-11-13-5-7-14(8-6-13)18-9-3-4-10-18/h5-8,12,15,17H,3-4,9-11H2,1-2H3,(H,19,20). The Bertz CT molecular complexity index is 436. The van der Waals surface area contributed by atoms with E-state index in [1.54, 1.807) is 0 Å². The molecule has 2 rings (SSSR count). The molecule has 0 amide bonds. The lowest BCUT2D eigenvalue weighted by Crippen LogP contribution is -2.40. The van der Waals surface area contributed by atoms with Crippen molar-refractivity contribution in [3.05, 3.63) is 29.8 Å². The molecule has 1 aliphatic rings. The van der Waals surface area contributed by atoms with Gasteiger partial charge < -0.3 is 15.3 Å². The second kappa shape index (κ2) is 6.75. The molecule has 110 valence electrons. The maximum atomic E-state index is 11.1. The van der Waals surface area contributed by atoms with Crippen LogP contribution >= 0.6 is 0 Å². The van der Waals surface area contributed by atoms with Crippen LogP contribution in [0.25, 0.3) is 0 Å². The molecule has 1 heterocycles. The van der Waals surface area contributed by atoms with Crippen molar-refractivity contribution in [1.29, 1.82) is 0 Å². The van der Waals surface area contributed by atoms with Crippen LogP contribution in [-0.4, -0.2) is 30.2 Å². The lowest BCUT2D eigenvalue weighted by Gasteiger charge is -2.19. The van der Waals surface area contributed by atoms with Crippen LogP contribution in [0.1, 0.15) is 32.3 Å². The fourth-order valence-electron chi connectivity index (χ4n) is 2.64. The van der Waals surface area contributed by atoms with Crippen molar-refractivity contribution < 1.29 is 9.90 Å². The number of anilines is 1. The fourth-order valence-corrected chi connectivity index (χ4v) is 2.64. The minimum Gasteiger partial charge on any atom is -0.480 e. The average Bonchev–Trinajstić information content (AvgIpc) is 2.92. The van der Waals surface area contributed by atoms with Crippen molar-refractivity contribution in [3.63, 3.8) is 0 Å². The number of nitrogens with one attached hydrogen (secondary N) is 1. The molecule has 0 aliphatic carbocycles. The number of nitrogens with zero attached hydrogens (tertiary/aromatic N) is 1. The summed E-state index contributed by atoms with van der Waals surface area (Å²) in [5.41, 5.74) is 2.39. The molecule has 1 aromatic carbocycles. The van der Waals surface area contributed by atoms with Crippen molar-refractivity contribution in [2.45, 2.75) is 39.3 Å². The van der Waals surface area contributed by atoms with Crippen LogP contribution < -0.4 is 10.2 Å². The van der Waals surface area contributed by atoms with Gasteiger partial charge in [-0.15, -0.1) is 0 Å². The molecule has 0 bridgehead atoms. The SMILES string of the molecule is CC(C)C(NCc1ccc(N2CCCC2)cc1)C(=O)O. The van der Waals surface area contributed by atoms with Gasteiger partial charge in [-0.05, 0) is 36.5 Å². The van der Waals surface area contributed by atoms with Crippen molar-refractivity contribution >= 4 is 11.7 Å². The van der Waals surface area contributed by atoms with E-state index >= 15 is 0 Å². The van der Waals surface area contributed by atoms with Gasteiger partial charge in [-0.25, -0.2) is 0 Å². The van der Waals surface area contributed by atoms with Gasteiger partial charge in [0.15, 0.2) is 0 Å². The van der Waals surface area contributed by atoms with E-state index in [9.17, 15) is 4.79 Å². The number of carboxylic acids is 1. The van der Waals surface area contributed by atoms with Gasteiger partial charge in [0.25, 0.3) is 0 Å². The summed E-state index contributed by atoms with van der Waals surface area (Å²) >= 11 is 0. The van der Waals surface area contributed by atoms with Crippen LogP contribution in [0.4, 0.5) is 5.69 Å². The molecule has 20 heavy (non-hydrogen) atoms. The summed E-state index contributed by atoms with van der Waals surface area (Å²) in [6.07, 6.45) is 2.55. The zero-order valence-electron chi connectivity index (χ0n) is 12.3. The van der Waals surface area contributed by atoms with Gasteiger partial charge >= 0.3 is 5.97 Å². The summed E-state index contributed by atoms with van der Waals surface area (Å²) < 4.78 is 0. The lowest BCUT2D eigenvalue weighted by atomic mass is 10.0. The van der Waals surface area contributed by atoms with E-state index in [4.69, 9.17) is 5.11 Å². The number of hydrogen-bond acceptors (Lipinski definition) is 3. The Morgan fingerprint density at radius 1 is 1.25 bits per heavy atom. The third-order valence-electron chi connectivity index (χ3n) is 3.87. The minimum absolute atomic E-state index is 0.0800. The molecule has 1 unspecified atom stereocenters. The molecule has 0 aromatic heterocycles. The predicted molar refractivity (Wildman–Crippen MR) is 81.0 cm³/mol. The maximum absolute atomic E-state index is 11.1. The van der Waals surface area contributed by atoms with E-state index in [1.807, 2.05) is 13.8 Å². The number of rotatable bonds is 6. The molecule has 1 aliphatic heterocycles. The van der Waals surface area contributed by atoms with Gasteiger partial charge in [0, 0.05) is 25.3 Å². The Morgan fingerprint density at radius 3 is 2.35 bits per heavy atom. The summed E-state index contributed by atoms with van der Waals surface area (Å²) in [5.74, 6) is -0.704. The normalized spacial score (nSPS) is 16.6. The van der Waals surface area contributed by atoms with E-state index < -0.39 is 12.0 Å². The first-order chi connectivity index (χ1) is 9.58. The molecule has 4 heteroatoms. The summed E-state index contributed by atoms with van der Waals surface area (Å²) in [6.45, 7) is 6.72. The number of carbonyl (C=O) groups is 1. The van der Waals surface area contributed by atoms with Crippen LogP contribution in [0.3, 0.4) is 0 Å². The van der Waals surface area contributed by atoms with Gasteiger partial charge in [-0.1, -0.05) is 26.0 Å². The first-order valence-corrected chi connectivity index (χ1v) is 7.38. The van der Waals surface area contributed by atoms with Gasteiger partial charge in [0.2, 0.25) is 0 Å². The van der Waals surface area contributed by atoms with Crippen molar-refractivity contribution in [2.24, 2.45) is 5.92 Å². The first kappa shape index (κ1) is 14.9. The average molecular weight is 276 g/mol. The Morgan fingerprint density at radius 2 is 1.85 bits per heavy atom. The highest BCUT2D eigenvalue weighted by Crippen LogP contribution is 2.20. The fraction of sp³-hybridized carbons (Fsp3) is 0.562. The van der Waals surface area contributed by atoms with Crippen molar-refractivity contribution in [2.75, 3.05) is 18.0 Å². The zero-order valence-corrected chi connectivity index (χ0v) is 12.3. The summed E-state index contributed by atoms with van der Waals surface area (Å²) in [4.78, 5) is 13.5. The molecule has 1 aromatic rings. The molecule has 4 nitrogen and oxygen atoms in total. The van der Waals surface area contributed by atoms with Gasteiger partial charge in [0.1, 0.15) is 6.04 Å². The van der Waals surface area contributed by atoms with Crippen LogP contribution in [0.5, 0.6) is 0 Å². The molecule has 1 atom stereocenters. The van der Waals surface area contributed by atoms with Crippen LogP contribution in [0, 0.1) is 5.92 Å². The molecular weight excluding hydrogens is 252 g/mol. The topological polar surface area (TPSA) is 52.6 Å². The van der Waals surface area contributed by atoms with E-state index in [1.165, 1.54) is 18.5 Å². The molecule has 2 N–H and O–H groups in total. The monoisotopic (exact) mass is 276 g/mol. The Hall–Kier alpha value is -1.55. The lowest BCUT2D eigenvalue weighted by molar-refractivity contribution is -0.140. The Labute approximate surface area is 120 Å². The van der Waals surface area contributed by atoms with E-state index in [0.29, 0.717) is 6.54 Å². The third kappa shape index (κ3) is 3.73. The highest BCUT2D eigenvalue weighted by molar-refractivity contribution is 5.73. The third-order valence-corrected chi connectivity index (χ3v) is 3.87. The zero-order chi connectivity index (χ0) is 14.5.